The molecule has 3 aromatic carbocycles. The van der Waals surface area contributed by atoms with Gasteiger partial charge in [0, 0.05) is 10.7 Å². The van der Waals surface area contributed by atoms with Crippen LogP contribution in [0.2, 0.25) is 5.02 Å². The van der Waals surface area contributed by atoms with E-state index in [0.29, 0.717) is 33.1 Å². The maximum absolute atomic E-state index is 13.5. The number of esters is 1. The van der Waals surface area contributed by atoms with Crippen LogP contribution in [0.25, 0.3) is 0 Å². The van der Waals surface area contributed by atoms with Gasteiger partial charge in [0.15, 0.2) is 0 Å². The Bertz CT molecular complexity index is 1310. The molecule has 0 aliphatic carbocycles. The number of nitrogens with zero attached hydrogens (tertiary/aromatic N) is 1. The number of sulfonamides is 1. The van der Waals surface area contributed by atoms with Crippen molar-refractivity contribution in [3.63, 3.8) is 0 Å². The fraction of sp³-hybridized carbons (Fsp3) is 0.200. The van der Waals surface area contributed by atoms with E-state index in [1.165, 1.54) is 24.3 Å². The van der Waals surface area contributed by atoms with Gasteiger partial charge in [-0.2, -0.15) is 0 Å². The number of carbonyl (C=O) groups is 2. The molecule has 0 heterocycles. The van der Waals surface area contributed by atoms with Crippen LogP contribution in [0.1, 0.15) is 28.4 Å². The van der Waals surface area contributed by atoms with Crippen molar-refractivity contribution in [2.45, 2.75) is 25.7 Å². The highest BCUT2D eigenvalue weighted by molar-refractivity contribution is 7.92. The molecule has 34 heavy (non-hydrogen) atoms. The molecule has 7 nitrogen and oxygen atoms in total. The van der Waals surface area contributed by atoms with Gasteiger partial charge in [0.1, 0.15) is 6.54 Å². The molecule has 0 aliphatic rings. The molecular weight excluding hydrogens is 476 g/mol. The first-order chi connectivity index (χ1) is 16.1. The number of anilines is 2. The molecule has 0 saturated heterocycles. The summed E-state index contributed by atoms with van der Waals surface area (Å²) in [5.74, 6) is -0.990. The summed E-state index contributed by atoms with van der Waals surface area (Å²) in [6, 6.07) is 17.4. The molecule has 0 fully saturated rings. The van der Waals surface area contributed by atoms with Crippen molar-refractivity contribution in [3.05, 3.63) is 88.4 Å². The molecule has 0 saturated carbocycles. The summed E-state index contributed by atoms with van der Waals surface area (Å²) in [4.78, 5) is 24.9. The molecular formula is C25H25ClN2O5S. The van der Waals surface area contributed by atoms with Gasteiger partial charge in [-0.25, -0.2) is 13.2 Å². The van der Waals surface area contributed by atoms with E-state index in [-0.39, 0.29) is 11.5 Å². The van der Waals surface area contributed by atoms with Gasteiger partial charge in [0.2, 0.25) is 5.91 Å². The summed E-state index contributed by atoms with van der Waals surface area (Å²) in [6.07, 6.45) is 0. The van der Waals surface area contributed by atoms with Crippen molar-refractivity contribution in [3.8, 4) is 0 Å². The molecule has 1 N–H and O–H groups in total. The summed E-state index contributed by atoms with van der Waals surface area (Å²) in [5.41, 5.74) is 2.56. The normalized spacial score (nSPS) is 11.1. The van der Waals surface area contributed by atoms with Crippen LogP contribution in [-0.2, 0) is 19.6 Å². The SMILES string of the molecule is CCOC(=O)c1ccc(NC(=O)CN(c2ccccc2C)S(=O)(=O)c2ccc(Cl)cc2)c(C)c1. The Balaban J connectivity index is 1.90. The fourth-order valence-corrected chi connectivity index (χ4v) is 4.95. The van der Waals surface area contributed by atoms with Crippen LogP contribution in [0.4, 0.5) is 11.4 Å². The molecule has 0 radical (unpaired) electrons. The predicted molar refractivity (Wildman–Crippen MR) is 133 cm³/mol. The van der Waals surface area contributed by atoms with E-state index in [1.807, 2.05) is 0 Å². The number of amides is 1. The van der Waals surface area contributed by atoms with Crippen LogP contribution in [0.3, 0.4) is 0 Å². The van der Waals surface area contributed by atoms with Gasteiger partial charge in [0.05, 0.1) is 22.8 Å². The van der Waals surface area contributed by atoms with E-state index < -0.39 is 28.4 Å². The second-order valence-electron chi connectivity index (χ2n) is 7.55. The first-order valence-electron chi connectivity index (χ1n) is 10.5. The van der Waals surface area contributed by atoms with Gasteiger partial charge in [-0.15, -0.1) is 0 Å². The lowest BCUT2D eigenvalue weighted by atomic mass is 10.1. The lowest BCUT2D eigenvalue weighted by molar-refractivity contribution is -0.114. The third-order valence-electron chi connectivity index (χ3n) is 5.08. The van der Waals surface area contributed by atoms with Gasteiger partial charge < -0.3 is 10.1 Å². The van der Waals surface area contributed by atoms with Gasteiger partial charge in [0.25, 0.3) is 10.0 Å². The largest absolute Gasteiger partial charge is 0.462 e. The summed E-state index contributed by atoms with van der Waals surface area (Å²) in [6.45, 7) is 5.04. The van der Waals surface area contributed by atoms with Gasteiger partial charge in [-0.05, 0) is 80.4 Å². The van der Waals surface area contributed by atoms with Crippen LogP contribution in [0.5, 0.6) is 0 Å². The quantitative estimate of drug-likeness (QED) is 0.441. The number of ether oxygens (including phenoxy) is 1. The van der Waals surface area contributed by atoms with Crippen LogP contribution < -0.4 is 9.62 Å². The molecule has 1 amide bonds. The Morgan fingerprint density at radius 3 is 2.26 bits per heavy atom. The first kappa shape index (κ1) is 25.3. The molecule has 0 aliphatic heterocycles. The number of hydrogen-bond donors (Lipinski definition) is 1. The highest BCUT2D eigenvalue weighted by Gasteiger charge is 2.28. The molecule has 0 aromatic heterocycles. The molecule has 0 unspecified atom stereocenters. The second-order valence-corrected chi connectivity index (χ2v) is 9.85. The zero-order chi connectivity index (χ0) is 24.9. The van der Waals surface area contributed by atoms with E-state index in [1.54, 1.807) is 63.2 Å². The average Bonchev–Trinajstić information content (AvgIpc) is 2.80. The Hall–Kier alpha value is -3.36. The summed E-state index contributed by atoms with van der Waals surface area (Å²) in [5, 5.41) is 3.15. The zero-order valence-corrected chi connectivity index (χ0v) is 20.6. The standard InChI is InChI=1S/C25H25ClN2O5S/c1-4-33-25(30)19-9-14-22(18(3)15-19)27-24(29)16-28(23-8-6-5-7-17(23)2)34(31,32)21-12-10-20(26)11-13-21/h5-15H,4,16H2,1-3H3,(H,27,29). The molecule has 0 atom stereocenters. The minimum atomic E-state index is -4.06. The van der Waals surface area contributed by atoms with E-state index in [4.69, 9.17) is 16.3 Å². The minimum absolute atomic E-state index is 0.0166. The van der Waals surface area contributed by atoms with E-state index in [9.17, 15) is 18.0 Å². The van der Waals surface area contributed by atoms with Gasteiger partial charge in [-0.1, -0.05) is 29.8 Å². The van der Waals surface area contributed by atoms with Crippen molar-refractivity contribution < 1.29 is 22.7 Å². The Morgan fingerprint density at radius 2 is 1.65 bits per heavy atom. The minimum Gasteiger partial charge on any atom is -0.462 e. The number of rotatable bonds is 8. The van der Waals surface area contributed by atoms with Crippen LogP contribution in [-0.4, -0.2) is 33.4 Å². The zero-order valence-electron chi connectivity index (χ0n) is 19.0. The molecule has 0 bridgehead atoms. The van der Waals surface area contributed by atoms with Gasteiger partial charge >= 0.3 is 5.97 Å². The van der Waals surface area contributed by atoms with E-state index in [0.717, 1.165) is 4.31 Å². The number of benzene rings is 3. The molecule has 3 rings (SSSR count). The number of halogens is 1. The molecule has 0 spiro atoms. The summed E-state index contributed by atoms with van der Waals surface area (Å²) < 4.78 is 33.0. The Morgan fingerprint density at radius 1 is 0.971 bits per heavy atom. The van der Waals surface area contributed by atoms with E-state index in [2.05, 4.69) is 5.32 Å². The molecule has 178 valence electrons. The van der Waals surface area contributed by atoms with Crippen molar-refractivity contribution in [1.29, 1.82) is 0 Å². The molecule has 9 heteroatoms. The first-order valence-corrected chi connectivity index (χ1v) is 12.4. The summed E-state index contributed by atoms with van der Waals surface area (Å²) >= 11 is 5.92. The second kappa shape index (κ2) is 10.7. The average molecular weight is 501 g/mol. The Labute approximate surface area is 204 Å². The summed E-state index contributed by atoms with van der Waals surface area (Å²) in [7, 11) is -4.06. The fourth-order valence-electron chi connectivity index (χ4n) is 3.34. The maximum Gasteiger partial charge on any atom is 0.338 e. The lowest BCUT2D eigenvalue weighted by Crippen LogP contribution is -2.38. The lowest BCUT2D eigenvalue weighted by Gasteiger charge is -2.25. The smallest absolute Gasteiger partial charge is 0.338 e. The number of aryl methyl sites for hydroxylation is 2. The van der Waals surface area contributed by atoms with Crippen LogP contribution in [0, 0.1) is 13.8 Å². The Kier molecular flexibility index (Phi) is 7.96. The van der Waals surface area contributed by atoms with Crippen molar-refractivity contribution in [1.82, 2.24) is 0 Å². The third-order valence-corrected chi connectivity index (χ3v) is 7.11. The van der Waals surface area contributed by atoms with Gasteiger partial charge in [-0.3, -0.25) is 9.10 Å². The number of nitrogens with one attached hydrogen (secondary N) is 1. The third kappa shape index (κ3) is 5.76. The monoisotopic (exact) mass is 500 g/mol. The predicted octanol–water partition coefficient (Wildman–Crippen LogP) is 4.97. The topological polar surface area (TPSA) is 92.8 Å². The molecule has 3 aromatic rings. The van der Waals surface area contributed by atoms with Crippen molar-refractivity contribution >= 4 is 44.9 Å². The van der Waals surface area contributed by atoms with Crippen molar-refractivity contribution in [2.75, 3.05) is 22.8 Å². The highest BCUT2D eigenvalue weighted by atomic mass is 35.5. The van der Waals surface area contributed by atoms with Crippen LogP contribution >= 0.6 is 11.6 Å². The number of para-hydroxylation sites is 1. The maximum atomic E-state index is 13.5. The van der Waals surface area contributed by atoms with Crippen LogP contribution in [0.15, 0.2) is 71.6 Å². The van der Waals surface area contributed by atoms with Crippen molar-refractivity contribution in [2.24, 2.45) is 0 Å². The highest BCUT2D eigenvalue weighted by Crippen LogP contribution is 2.27. The number of hydrogen-bond acceptors (Lipinski definition) is 5. The van der Waals surface area contributed by atoms with E-state index >= 15 is 0 Å². The number of carbonyl (C=O) groups excluding carboxylic acids is 2.